The molecule has 0 atom stereocenters. The van der Waals surface area contributed by atoms with E-state index in [2.05, 4.69) is 27.7 Å². The maximum atomic E-state index is 2.18. The van der Waals surface area contributed by atoms with E-state index < -0.39 is 0 Å². The van der Waals surface area contributed by atoms with Crippen LogP contribution >= 0.6 is 0 Å². The molecule has 0 radical (unpaired) electrons. The second-order valence-corrected chi connectivity index (χ2v) is 3.12. The van der Waals surface area contributed by atoms with E-state index in [1.807, 2.05) is 13.8 Å². The highest BCUT2D eigenvalue weighted by Crippen LogP contribution is 2.15. The molecule has 0 heteroatoms. The average Bonchev–Trinajstić information content (AvgIpc) is 2.06. The summed E-state index contributed by atoms with van der Waals surface area (Å²) in [7, 11) is 0. The highest BCUT2D eigenvalue weighted by molar-refractivity contribution is 4.50. The summed E-state index contributed by atoms with van der Waals surface area (Å²) >= 11 is 0. The molecule has 1 aliphatic rings. The second kappa shape index (κ2) is 29.6. The largest absolute Gasteiger partial charge is 0.0683 e. The lowest BCUT2D eigenvalue weighted by molar-refractivity contribution is 0.504. The molecule has 1 aliphatic carbocycles. The summed E-state index contributed by atoms with van der Waals surface area (Å²) in [4.78, 5) is 0. The maximum absolute atomic E-state index is 2.18. The fourth-order valence-electron chi connectivity index (χ4n) is 0.250. The molecule has 1 fully saturated rings. The van der Waals surface area contributed by atoms with E-state index >= 15 is 0 Å². The first-order chi connectivity index (χ1) is 6.33. The van der Waals surface area contributed by atoms with Crippen LogP contribution in [0.4, 0.5) is 0 Å². The minimum atomic E-state index is 1.25. The fourth-order valence-corrected chi connectivity index (χ4v) is 0.250. The van der Waals surface area contributed by atoms with Gasteiger partial charge in [-0.3, -0.25) is 0 Å². The van der Waals surface area contributed by atoms with E-state index in [1.54, 1.807) is 0 Å². The Kier molecular flexibility index (Phi) is 42.7. The Hall–Kier alpha value is 0. The Balaban J connectivity index is -0.000000107. The molecule has 0 nitrogen and oxygen atoms in total. The van der Waals surface area contributed by atoms with E-state index in [4.69, 9.17) is 0 Å². The lowest BCUT2D eigenvalue weighted by Crippen LogP contribution is -1.85. The predicted octanol–water partition coefficient (Wildman–Crippen LogP) is 5.81. The van der Waals surface area contributed by atoms with Gasteiger partial charge in [0, 0.05) is 0 Å². The van der Waals surface area contributed by atoms with Gasteiger partial charge in [-0.2, -0.15) is 0 Å². The number of rotatable bonds is 1. The van der Waals surface area contributed by atoms with Crippen molar-refractivity contribution in [3.05, 3.63) is 0 Å². The van der Waals surface area contributed by atoms with Crippen LogP contribution in [0.25, 0.3) is 0 Å². The highest BCUT2D eigenvalue weighted by atomic mass is 14.0. The number of hydrogen-bond acceptors (Lipinski definition) is 0. The molecule has 0 saturated heterocycles. The van der Waals surface area contributed by atoms with E-state index in [9.17, 15) is 0 Å². The van der Waals surface area contributed by atoms with Crippen LogP contribution < -0.4 is 0 Å². The molecule has 0 amide bonds. The van der Waals surface area contributed by atoms with Crippen LogP contribution in [0, 0.1) is 0 Å². The molecule has 84 valence electrons. The summed E-state index contributed by atoms with van der Waals surface area (Å²) in [5, 5.41) is 0. The van der Waals surface area contributed by atoms with Gasteiger partial charge in [-0.1, -0.05) is 86.5 Å². The first-order valence-electron chi connectivity index (χ1n) is 6.33. The fraction of sp³-hybridized carbons (Fsp3) is 1.00. The monoisotopic (exact) mass is 188 g/mol. The number of unbranched alkanes of at least 4 members (excludes halogenated alkanes) is 1. The van der Waals surface area contributed by atoms with Gasteiger partial charge in [-0.25, -0.2) is 0 Å². The van der Waals surface area contributed by atoms with E-state index in [1.165, 1.54) is 44.9 Å². The van der Waals surface area contributed by atoms with Gasteiger partial charge in [0.05, 0.1) is 0 Å². The van der Waals surface area contributed by atoms with Gasteiger partial charge in [0.15, 0.2) is 0 Å². The third-order valence-corrected chi connectivity index (χ3v) is 1.50. The molecule has 0 aliphatic heterocycles. The molecular formula is C13H32. The summed E-state index contributed by atoms with van der Waals surface area (Å²) in [6.45, 7) is 12.6. The zero-order valence-corrected chi connectivity index (χ0v) is 10.9. The predicted molar refractivity (Wildman–Crippen MR) is 66.4 cm³/mol. The molecule has 0 heterocycles. The van der Waals surface area contributed by atoms with Gasteiger partial charge in [0.1, 0.15) is 0 Å². The normalized spacial score (nSPS) is 11.5. The van der Waals surface area contributed by atoms with Crippen molar-refractivity contribution in [3.63, 3.8) is 0 Å². The Bertz CT molecular complexity index is 29.3. The third-order valence-electron chi connectivity index (χ3n) is 1.50. The van der Waals surface area contributed by atoms with Crippen molar-refractivity contribution in [2.24, 2.45) is 0 Å². The van der Waals surface area contributed by atoms with Gasteiger partial charge in [-0.05, 0) is 0 Å². The van der Waals surface area contributed by atoms with Crippen LogP contribution in [0.1, 0.15) is 86.5 Å². The Morgan fingerprint density at radius 2 is 0.769 bits per heavy atom. The minimum Gasteiger partial charge on any atom is -0.0683 e. The van der Waals surface area contributed by atoms with Crippen molar-refractivity contribution in [1.29, 1.82) is 0 Å². The van der Waals surface area contributed by atoms with Crippen LogP contribution in [0.2, 0.25) is 0 Å². The summed E-state index contributed by atoms with van der Waals surface area (Å²) in [5.74, 6) is 0. The average molecular weight is 188 g/mol. The van der Waals surface area contributed by atoms with Crippen LogP contribution in [-0.2, 0) is 0 Å². The van der Waals surface area contributed by atoms with E-state index in [0.717, 1.165) is 0 Å². The Labute approximate surface area is 87.1 Å². The standard InChI is InChI=1S/C4H8.C4H10.C3H8.C2H6/c1-2-4-3-1;1-3-4-2;1-3-2;1-2/h1-4H2;3-4H2,1-2H3;3H2,1-2H3;1-2H3. The van der Waals surface area contributed by atoms with Gasteiger partial charge in [0.25, 0.3) is 0 Å². The first-order valence-corrected chi connectivity index (χ1v) is 6.33. The van der Waals surface area contributed by atoms with Crippen molar-refractivity contribution < 1.29 is 0 Å². The zero-order chi connectivity index (χ0) is 10.9. The van der Waals surface area contributed by atoms with Gasteiger partial charge in [-0.15, -0.1) is 0 Å². The molecule has 13 heavy (non-hydrogen) atoms. The summed E-state index contributed by atoms with van der Waals surface area (Å²) in [6.07, 6.45) is 9.89. The molecule has 0 bridgehead atoms. The molecule has 1 saturated carbocycles. The molecule has 0 N–H and O–H groups in total. The Morgan fingerprint density at radius 3 is 0.769 bits per heavy atom. The maximum Gasteiger partial charge on any atom is -0.0533 e. The highest BCUT2D eigenvalue weighted by Gasteiger charge is 1.95. The molecule has 0 aromatic heterocycles. The summed E-state index contributed by atoms with van der Waals surface area (Å²) < 4.78 is 0. The summed E-state index contributed by atoms with van der Waals surface area (Å²) in [6, 6.07) is 0. The first kappa shape index (κ1) is 18.7. The molecule has 0 unspecified atom stereocenters. The smallest absolute Gasteiger partial charge is 0.0533 e. The lowest BCUT2D eigenvalue weighted by atomic mass is 10.0. The van der Waals surface area contributed by atoms with Crippen LogP contribution in [0.5, 0.6) is 0 Å². The van der Waals surface area contributed by atoms with Crippen molar-refractivity contribution in [2.75, 3.05) is 0 Å². The van der Waals surface area contributed by atoms with E-state index in [0.29, 0.717) is 0 Å². The molecule has 0 aromatic carbocycles. The van der Waals surface area contributed by atoms with E-state index in [-0.39, 0.29) is 0 Å². The van der Waals surface area contributed by atoms with Crippen molar-refractivity contribution in [1.82, 2.24) is 0 Å². The van der Waals surface area contributed by atoms with Gasteiger partial charge < -0.3 is 0 Å². The second-order valence-electron chi connectivity index (χ2n) is 3.12. The van der Waals surface area contributed by atoms with Gasteiger partial charge in [0.2, 0.25) is 0 Å². The molecule has 0 spiro atoms. The van der Waals surface area contributed by atoms with Crippen molar-refractivity contribution in [2.45, 2.75) is 86.5 Å². The van der Waals surface area contributed by atoms with Crippen LogP contribution in [0.15, 0.2) is 0 Å². The summed E-state index contributed by atoms with van der Waals surface area (Å²) in [5.41, 5.74) is 0. The molecular weight excluding hydrogens is 156 g/mol. The van der Waals surface area contributed by atoms with Crippen molar-refractivity contribution in [3.8, 4) is 0 Å². The number of hydrogen-bond donors (Lipinski definition) is 0. The SMILES string of the molecule is C1CCC1.CC.CCC.CCCC. The van der Waals surface area contributed by atoms with Crippen LogP contribution in [-0.4, -0.2) is 0 Å². The Morgan fingerprint density at radius 1 is 0.615 bits per heavy atom. The minimum absolute atomic E-state index is 1.25. The molecule has 0 aromatic rings. The molecule has 1 rings (SSSR count). The topological polar surface area (TPSA) is 0 Å². The zero-order valence-electron chi connectivity index (χ0n) is 10.9. The third kappa shape index (κ3) is 48.0. The quantitative estimate of drug-likeness (QED) is 0.487. The van der Waals surface area contributed by atoms with Crippen LogP contribution in [0.3, 0.4) is 0 Å². The van der Waals surface area contributed by atoms with Gasteiger partial charge >= 0.3 is 0 Å². The van der Waals surface area contributed by atoms with Crippen molar-refractivity contribution >= 4 is 0 Å². The lowest BCUT2D eigenvalue weighted by Gasteiger charge is -2.05.